The maximum Gasteiger partial charge on any atom is 0.258 e. The summed E-state index contributed by atoms with van der Waals surface area (Å²) in [5.74, 6) is 0.581. The lowest BCUT2D eigenvalue weighted by Gasteiger charge is -2.33. The summed E-state index contributed by atoms with van der Waals surface area (Å²) < 4.78 is 27.7. The molecule has 0 amide bonds. The van der Waals surface area contributed by atoms with Gasteiger partial charge in [-0.1, -0.05) is 12.1 Å². The van der Waals surface area contributed by atoms with Crippen LogP contribution in [0.2, 0.25) is 0 Å². The molecule has 3 aromatic heterocycles. The number of hydrogen-bond acceptors (Lipinski definition) is 6. The molecule has 9 nitrogen and oxygen atoms in total. The van der Waals surface area contributed by atoms with Crippen LogP contribution in [-0.4, -0.2) is 63.7 Å². The number of pyridine rings is 1. The summed E-state index contributed by atoms with van der Waals surface area (Å²) in [7, 11) is -3.62. The maximum atomic E-state index is 13.1. The van der Waals surface area contributed by atoms with Gasteiger partial charge < -0.3 is 9.97 Å². The van der Waals surface area contributed by atoms with Crippen molar-refractivity contribution in [2.24, 2.45) is 0 Å². The first-order chi connectivity index (χ1) is 14.5. The average Bonchev–Trinajstić information content (AvgIpc) is 3.19. The minimum atomic E-state index is -3.62. The second-order valence-electron chi connectivity index (χ2n) is 7.26. The van der Waals surface area contributed by atoms with Crippen LogP contribution in [0, 0.1) is 0 Å². The molecule has 5 rings (SSSR count). The van der Waals surface area contributed by atoms with Crippen molar-refractivity contribution in [1.82, 2.24) is 29.1 Å². The summed E-state index contributed by atoms with van der Waals surface area (Å²) >= 11 is 0. The minimum absolute atomic E-state index is 0.162. The van der Waals surface area contributed by atoms with E-state index in [0.717, 1.165) is 0 Å². The zero-order chi connectivity index (χ0) is 20.7. The highest BCUT2D eigenvalue weighted by Crippen LogP contribution is 2.25. The smallest absolute Gasteiger partial charge is 0.258 e. The number of piperazine rings is 1. The Morgan fingerprint density at radius 2 is 1.77 bits per heavy atom. The van der Waals surface area contributed by atoms with Crippen LogP contribution >= 0.6 is 0 Å². The maximum absolute atomic E-state index is 13.1. The van der Waals surface area contributed by atoms with Crippen molar-refractivity contribution in [3.05, 3.63) is 65.0 Å². The van der Waals surface area contributed by atoms with E-state index in [2.05, 4.69) is 24.8 Å². The van der Waals surface area contributed by atoms with Crippen molar-refractivity contribution in [2.75, 3.05) is 26.2 Å². The van der Waals surface area contributed by atoms with Crippen LogP contribution in [0.1, 0.15) is 5.82 Å². The molecular formula is C20H20N6O3S. The Balaban J connectivity index is 1.31. The molecule has 1 fully saturated rings. The van der Waals surface area contributed by atoms with Crippen molar-refractivity contribution in [2.45, 2.75) is 11.4 Å². The molecule has 1 aliphatic rings. The van der Waals surface area contributed by atoms with Gasteiger partial charge in [0.2, 0.25) is 10.0 Å². The Labute approximate surface area is 172 Å². The second-order valence-corrected chi connectivity index (χ2v) is 9.17. The fourth-order valence-corrected chi connectivity index (χ4v) is 5.41. The van der Waals surface area contributed by atoms with Gasteiger partial charge in [-0.3, -0.25) is 9.69 Å². The molecule has 10 heteroatoms. The number of aromatic nitrogens is 4. The SMILES string of the molecule is O=c1[nH]c(CN2CCN(S(=O)(=O)c3c[nH]c4ncccc34)CC2)nc2ccccc12. The van der Waals surface area contributed by atoms with Gasteiger partial charge in [0, 0.05) is 44.0 Å². The molecule has 0 aliphatic carbocycles. The van der Waals surface area contributed by atoms with E-state index in [1.807, 2.05) is 18.2 Å². The number of benzene rings is 1. The molecule has 30 heavy (non-hydrogen) atoms. The highest BCUT2D eigenvalue weighted by molar-refractivity contribution is 7.89. The molecule has 0 spiro atoms. The van der Waals surface area contributed by atoms with Crippen LogP contribution in [0.4, 0.5) is 0 Å². The molecule has 2 N–H and O–H groups in total. The molecule has 0 bridgehead atoms. The lowest BCUT2D eigenvalue weighted by Crippen LogP contribution is -2.48. The number of H-pyrrole nitrogens is 2. The predicted molar refractivity (Wildman–Crippen MR) is 112 cm³/mol. The van der Waals surface area contributed by atoms with Crippen molar-refractivity contribution in [1.29, 1.82) is 0 Å². The molecule has 4 heterocycles. The summed E-state index contributed by atoms with van der Waals surface area (Å²) in [6.45, 7) is 2.30. The Morgan fingerprint density at radius 3 is 2.60 bits per heavy atom. The highest BCUT2D eigenvalue weighted by Gasteiger charge is 2.30. The van der Waals surface area contributed by atoms with Gasteiger partial charge in [-0.25, -0.2) is 18.4 Å². The third kappa shape index (κ3) is 3.28. The van der Waals surface area contributed by atoms with E-state index >= 15 is 0 Å². The van der Waals surface area contributed by atoms with Crippen LogP contribution < -0.4 is 5.56 Å². The summed E-state index contributed by atoms with van der Waals surface area (Å²) in [6.07, 6.45) is 3.13. The normalized spacial score (nSPS) is 16.4. The van der Waals surface area contributed by atoms with E-state index in [1.165, 1.54) is 10.5 Å². The Morgan fingerprint density at radius 1 is 1.00 bits per heavy atom. The first-order valence-corrected chi connectivity index (χ1v) is 11.1. The van der Waals surface area contributed by atoms with Gasteiger partial charge in [0.15, 0.2) is 0 Å². The van der Waals surface area contributed by atoms with Crippen LogP contribution in [0.5, 0.6) is 0 Å². The summed E-state index contributed by atoms with van der Waals surface area (Å²) in [5, 5.41) is 1.16. The van der Waals surface area contributed by atoms with Crippen molar-refractivity contribution in [3.63, 3.8) is 0 Å². The van der Waals surface area contributed by atoms with Gasteiger partial charge in [0.05, 0.1) is 17.4 Å². The van der Waals surface area contributed by atoms with E-state index in [4.69, 9.17) is 0 Å². The molecule has 154 valence electrons. The van der Waals surface area contributed by atoms with Gasteiger partial charge in [-0.2, -0.15) is 4.31 Å². The number of para-hydroxylation sites is 1. The number of aromatic amines is 2. The molecule has 4 aromatic rings. The Kier molecular flexibility index (Phi) is 4.61. The van der Waals surface area contributed by atoms with Crippen LogP contribution in [0.3, 0.4) is 0 Å². The third-order valence-electron chi connectivity index (χ3n) is 5.40. The van der Waals surface area contributed by atoms with Crippen LogP contribution in [0.25, 0.3) is 21.9 Å². The molecule has 0 saturated carbocycles. The second kappa shape index (κ2) is 7.31. The number of nitrogens with one attached hydrogen (secondary N) is 2. The van der Waals surface area contributed by atoms with E-state index < -0.39 is 10.0 Å². The fourth-order valence-electron chi connectivity index (χ4n) is 3.83. The highest BCUT2D eigenvalue weighted by atomic mass is 32.2. The number of fused-ring (bicyclic) bond motifs is 2. The third-order valence-corrected chi connectivity index (χ3v) is 7.34. The van der Waals surface area contributed by atoms with Crippen molar-refractivity contribution >= 4 is 32.0 Å². The topological polar surface area (TPSA) is 115 Å². The number of rotatable bonds is 4. The molecule has 1 aromatic carbocycles. The number of hydrogen-bond donors (Lipinski definition) is 2. The Hall–Kier alpha value is -3.08. The number of nitrogens with zero attached hydrogens (tertiary/aromatic N) is 4. The molecule has 0 radical (unpaired) electrons. The van der Waals surface area contributed by atoms with Gasteiger partial charge >= 0.3 is 0 Å². The lowest BCUT2D eigenvalue weighted by atomic mass is 10.2. The van der Waals surface area contributed by atoms with E-state index in [0.29, 0.717) is 60.5 Å². The Bertz CT molecular complexity index is 1390. The summed E-state index contributed by atoms with van der Waals surface area (Å²) in [6, 6.07) is 10.7. The standard InChI is InChI=1S/C20H20N6O3S/c27-20-14-4-1-2-6-16(14)23-18(24-20)13-25-8-10-26(11-9-25)30(28,29)17-12-22-19-15(17)5-3-7-21-19/h1-7,12H,8-11,13H2,(H,21,22)(H,23,24,27). The monoisotopic (exact) mass is 424 g/mol. The zero-order valence-corrected chi connectivity index (χ0v) is 16.9. The zero-order valence-electron chi connectivity index (χ0n) is 16.1. The minimum Gasteiger partial charge on any atom is -0.345 e. The fraction of sp³-hybridized carbons (Fsp3) is 0.250. The summed E-state index contributed by atoms with van der Waals surface area (Å²) in [5.41, 5.74) is 1.05. The van der Waals surface area contributed by atoms with Gasteiger partial charge in [-0.05, 0) is 24.3 Å². The van der Waals surface area contributed by atoms with Gasteiger partial charge in [0.25, 0.3) is 5.56 Å². The van der Waals surface area contributed by atoms with Crippen molar-refractivity contribution < 1.29 is 8.42 Å². The summed E-state index contributed by atoms with van der Waals surface area (Å²) in [4.78, 5) is 29.0. The average molecular weight is 424 g/mol. The van der Waals surface area contributed by atoms with Crippen LogP contribution in [0.15, 0.2) is 58.5 Å². The van der Waals surface area contributed by atoms with Crippen molar-refractivity contribution in [3.8, 4) is 0 Å². The first-order valence-electron chi connectivity index (χ1n) is 9.65. The molecule has 0 atom stereocenters. The van der Waals surface area contributed by atoms with E-state index in [9.17, 15) is 13.2 Å². The quantitative estimate of drug-likeness (QED) is 0.510. The van der Waals surface area contributed by atoms with Gasteiger partial charge in [0.1, 0.15) is 16.4 Å². The number of sulfonamides is 1. The van der Waals surface area contributed by atoms with E-state index in [-0.39, 0.29) is 10.5 Å². The molecular weight excluding hydrogens is 404 g/mol. The van der Waals surface area contributed by atoms with Crippen LogP contribution in [-0.2, 0) is 16.6 Å². The predicted octanol–water partition coefficient (Wildman–Crippen LogP) is 1.31. The molecule has 1 saturated heterocycles. The van der Waals surface area contributed by atoms with E-state index in [1.54, 1.807) is 24.4 Å². The van der Waals surface area contributed by atoms with Gasteiger partial charge in [-0.15, -0.1) is 0 Å². The molecule has 1 aliphatic heterocycles. The largest absolute Gasteiger partial charge is 0.345 e. The first kappa shape index (κ1) is 18.9. The molecule has 0 unspecified atom stereocenters. The lowest BCUT2D eigenvalue weighted by molar-refractivity contribution is 0.178.